The van der Waals surface area contributed by atoms with Crippen LogP contribution in [-0.2, 0) is 27.3 Å². The molecule has 2 aliphatic rings. The Balaban J connectivity index is 0.000000408. The molecule has 2 N–H and O–H groups in total. The number of carboxylic acids is 2. The van der Waals surface area contributed by atoms with Crippen LogP contribution in [0.1, 0.15) is 41.7 Å². The fraction of sp³-hybridized carbons (Fsp3) is 0.400. The Morgan fingerprint density at radius 3 is 2.41 bits per heavy atom. The number of ether oxygens (including phenoxy) is 1. The van der Waals surface area contributed by atoms with Crippen molar-refractivity contribution >= 4 is 11.9 Å². The van der Waals surface area contributed by atoms with Crippen molar-refractivity contribution in [2.24, 2.45) is 0 Å². The molecular formula is C25H29N3O6. The highest BCUT2D eigenvalue weighted by Gasteiger charge is 2.31. The Bertz CT molecular complexity index is 1150. The number of aromatic nitrogens is 2. The molecule has 5 rings (SSSR count). The van der Waals surface area contributed by atoms with Crippen LogP contribution >= 0.6 is 0 Å². The Morgan fingerprint density at radius 1 is 1.06 bits per heavy atom. The lowest BCUT2D eigenvalue weighted by Crippen LogP contribution is -2.35. The first-order valence-electron chi connectivity index (χ1n) is 11.3. The predicted molar refractivity (Wildman–Crippen MR) is 124 cm³/mol. The lowest BCUT2D eigenvalue weighted by molar-refractivity contribution is -0.159. The van der Waals surface area contributed by atoms with Gasteiger partial charge in [0.1, 0.15) is 23.4 Å². The van der Waals surface area contributed by atoms with Crippen LogP contribution in [0.15, 0.2) is 47.0 Å². The molecule has 0 radical (unpaired) electrons. The molecular weight excluding hydrogens is 438 g/mol. The third-order valence-electron chi connectivity index (χ3n) is 6.17. The molecule has 1 unspecified atom stereocenters. The van der Waals surface area contributed by atoms with Gasteiger partial charge in [-0.25, -0.2) is 14.6 Å². The number of fused-ring (bicyclic) bond motifs is 2. The number of aryl methyl sites for hydroxylation is 3. The summed E-state index contributed by atoms with van der Waals surface area (Å²) < 4.78 is 14.8. The number of nitrogens with zero attached hydrogens (tertiary/aromatic N) is 3. The Labute approximate surface area is 197 Å². The summed E-state index contributed by atoms with van der Waals surface area (Å²) in [5, 5.41) is 14.8. The number of carbonyl (C=O) groups is 2. The average molecular weight is 468 g/mol. The van der Waals surface area contributed by atoms with E-state index in [1.807, 2.05) is 19.1 Å². The lowest BCUT2D eigenvalue weighted by Gasteiger charge is -2.32. The summed E-state index contributed by atoms with van der Waals surface area (Å²) in [6.07, 6.45) is 5.39. The van der Waals surface area contributed by atoms with Gasteiger partial charge in [0.15, 0.2) is 5.76 Å². The molecule has 3 aromatic rings. The van der Waals surface area contributed by atoms with E-state index in [1.54, 1.807) is 0 Å². The minimum absolute atomic E-state index is 0.128. The van der Waals surface area contributed by atoms with Crippen molar-refractivity contribution in [3.8, 4) is 11.5 Å². The summed E-state index contributed by atoms with van der Waals surface area (Å²) in [6.45, 7) is 5.05. The van der Waals surface area contributed by atoms with Crippen LogP contribution in [0, 0.1) is 6.92 Å². The summed E-state index contributed by atoms with van der Waals surface area (Å²) >= 11 is 0. The largest absolute Gasteiger partial charge is 0.473 e. The molecule has 0 amide bonds. The van der Waals surface area contributed by atoms with Crippen LogP contribution in [0.3, 0.4) is 0 Å². The molecule has 0 aliphatic carbocycles. The molecule has 2 aliphatic heterocycles. The SMILES string of the molecule is Cc1ccc(-c2cn3c(n2)C(OC2CCN(C)CC2)c2ccccc2CC3)o1.O=C(O)C(=O)O. The smallest absolute Gasteiger partial charge is 0.414 e. The van der Waals surface area contributed by atoms with Crippen molar-refractivity contribution in [3.05, 3.63) is 65.3 Å². The van der Waals surface area contributed by atoms with Crippen molar-refractivity contribution in [3.63, 3.8) is 0 Å². The van der Waals surface area contributed by atoms with Crippen molar-refractivity contribution in [1.29, 1.82) is 0 Å². The van der Waals surface area contributed by atoms with Gasteiger partial charge in [-0.1, -0.05) is 24.3 Å². The summed E-state index contributed by atoms with van der Waals surface area (Å²) in [5.41, 5.74) is 3.51. The van der Waals surface area contributed by atoms with Crippen LogP contribution in [0.2, 0.25) is 0 Å². The second kappa shape index (κ2) is 10.2. The summed E-state index contributed by atoms with van der Waals surface area (Å²) in [7, 11) is 2.18. The van der Waals surface area contributed by atoms with Gasteiger partial charge in [0.05, 0.1) is 6.10 Å². The zero-order valence-electron chi connectivity index (χ0n) is 19.3. The second-order valence-corrected chi connectivity index (χ2v) is 8.67. The van der Waals surface area contributed by atoms with E-state index in [-0.39, 0.29) is 12.2 Å². The van der Waals surface area contributed by atoms with Gasteiger partial charge in [-0.15, -0.1) is 0 Å². The maximum atomic E-state index is 9.10. The zero-order valence-corrected chi connectivity index (χ0v) is 19.3. The van der Waals surface area contributed by atoms with Crippen LogP contribution in [0.4, 0.5) is 0 Å². The summed E-state index contributed by atoms with van der Waals surface area (Å²) in [6, 6.07) is 12.6. The van der Waals surface area contributed by atoms with Crippen LogP contribution in [0.25, 0.3) is 11.5 Å². The van der Waals surface area contributed by atoms with E-state index in [9.17, 15) is 0 Å². The zero-order chi connectivity index (χ0) is 24.2. The Kier molecular flexibility index (Phi) is 7.14. The number of imidazole rings is 1. The minimum Gasteiger partial charge on any atom is -0.473 e. The van der Waals surface area contributed by atoms with Gasteiger partial charge >= 0.3 is 11.9 Å². The molecule has 1 atom stereocenters. The monoisotopic (exact) mass is 467 g/mol. The standard InChI is InChI=1S/C23H27N3O2.C2H2O4/c1-16-7-8-21(27-16)20-15-26-14-9-17-5-3-4-6-19(17)22(23(26)24-20)28-18-10-12-25(2)13-11-18;3-1(4)2(5)6/h3-8,15,18,22H,9-14H2,1-2H3;(H,3,4)(H,5,6). The number of carboxylic acid groups (broad SMARTS) is 2. The van der Waals surface area contributed by atoms with Crippen LogP contribution < -0.4 is 0 Å². The van der Waals surface area contributed by atoms with E-state index in [4.69, 9.17) is 33.9 Å². The van der Waals surface area contributed by atoms with Crippen LogP contribution in [0.5, 0.6) is 0 Å². The predicted octanol–water partition coefficient (Wildman–Crippen LogP) is 3.36. The first kappa shape index (κ1) is 23.7. The molecule has 1 saturated heterocycles. The lowest BCUT2D eigenvalue weighted by atomic mass is 10.00. The van der Waals surface area contributed by atoms with Gasteiger partial charge in [0.25, 0.3) is 0 Å². The van der Waals surface area contributed by atoms with E-state index >= 15 is 0 Å². The molecule has 9 nitrogen and oxygen atoms in total. The number of benzene rings is 1. The third-order valence-corrected chi connectivity index (χ3v) is 6.17. The molecule has 0 spiro atoms. The highest BCUT2D eigenvalue weighted by molar-refractivity contribution is 6.27. The number of furan rings is 1. The summed E-state index contributed by atoms with van der Waals surface area (Å²) in [5.74, 6) is -0.926. The van der Waals surface area contributed by atoms with E-state index in [1.165, 1.54) is 11.1 Å². The molecule has 0 saturated carbocycles. The third kappa shape index (κ3) is 5.37. The van der Waals surface area contributed by atoms with Crippen molar-refractivity contribution in [1.82, 2.24) is 14.5 Å². The molecule has 1 fully saturated rings. The average Bonchev–Trinajstić information content (AvgIpc) is 3.41. The molecule has 1 aromatic carbocycles. The molecule has 34 heavy (non-hydrogen) atoms. The number of aliphatic carboxylic acids is 2. The number of rotatable bonds is 3. The Morgan fingerprint density at radius 2 is 1.76 bits per heavy atom. The first-order valence-corrected chi connectivity index (χ1v) is 11.3. The molecule has 4 heterocycles. The number of likely N-dealkylation sites (tertiary alicyclic amines) is 1. The van der Waals surface area contributed by atoms with Gasteiger partial charge < -0.3 is 28.8 Å². The van der Waals surface area contributed by atoms with E-state index in [2.05, 4.69) is 47.0 Å². The fourth-order valence-electron chi connectivity index (χ4n) is 4.35. The fourth-order valence-corrected chi connectivity index (χ4v) is 4.35. The maximum absolute atomic E-state index is 9.10. The Hall–Kier alpha value is -3.43. The van der Waals surface area contributed by atoms with Gasteiger partial charge in [-0.3, -0.25) is 0 Å². The highest BCUT2D eigenvalue weighted by atomic mass is 16.5. The van der Waals surface area contributed by atoms with Gasteiger partial charge in [-0.2, -0.15) is 0 Å². The van der Waals surface area contributed by atoms with E-state index in [0.29, 0.717) is 0 Å². The quantitative estimate of drug-likeness (QED) is 0.563. The summed E-state index contributed by atoms with van der Waals surface area (Å²) in [4.78, 5) is 25.6. The normalized spacial score (nSPS) is 18.2. The van der Waals surface area contributed by atoms with Crippen molar-refractivity contribution in [2.45, 2.75) is 44.9 Å². The molecule has 9 heteroatoms. The molecule has 0 bridgehead atoms. The van der Waals surface area contributed by atoms with E-state index < -0.39 is 11.9 Å². The second-order valence-electron chi connectivity index (χ2n) is 8.67. The van der Waals surface area contributed by atoms with Gasteiger partial charge in [0, 0.05) is 25.8 Å². The minimum atomic E-state index is -1.82. The maximum Gasteiger partial charge on any atom is 0.414 e. The van der Waals surface area contributed by atoms with Crippen molar-refractivity contribution < 1.29 is 29.0 Å². The molecule has 2 aromatic heterocycles. The topological polar surface area (TPSA) is 118 Å². The first-order chi connectivity index (χ1) is 16.3. The number of hydrogen-bond acceptors (Lipinski definition) is 6. The van der Waals surface area contributed by atoms with Gasteiger partial charge in [0.2, 0.25) is 0 Å². The number of piperidine rings is 1. The van der Waals surface area contributed by atoms with Crippen LogP contribution in [-0.4, -0.2) is 62.8 Å². The highest BCUT2D eigenvalue weighted by Crippen LogP contribution is 2.36. The molecule has 180 valence electrons. The van der Waals surface area contributed by atoms with E-state index in [0.717, 1.165) is 61.9 Å². The van der Waals surface area contributed by atoms with Gasteiger partial charge in [-0.05, 0) is 56.5 Å². The van der Waals surface area contributed by atoms with Crippen molar-refractivity contribution in [2.75, 3.05) is 20.1 Å². The number of hydrogen-bond donors (Lipinski definition) is 2.